The van der Waals surface area contributed by atoms with Crippen molar-refractivity contribution in [3.63, 3.8) is 0 Å². The first-order valence-electron chi connectivity index (χ1n) is 12.5. The summed E-state index contributed by atoms with van der Waals surface area (Å²) in [6.45, 7) is 3.22. The highest BCUT2D eigenvalue weighted by Gasteiger charge is 2.29. The van der Waals surface area contributed by atoms with Crippen molar-refractivity contribution in [2.45, 2.75) is 33.1 Å². The van der Waals surface area contributed by atoms with E-state index in [0.29, 0.717) is 50.8 Å². The van der Waals surface area contributed by atoms with Crippen molar-refractivity contribution in [3.05, 3.63) is 88.4 Å². The molecule has 8 nitrogen and oxygen atoms in total. The number of halogens is 4. The Morgan fingerprint density at radius 1 is 1.07 bits per heavy atom. The van der Waals surface area contributed by atoms with Crippen molar-refractivity contribution >= 4 is 11.6 Å². The van der Waals surface area contributed by atoms with Crippen molar-refractivity contribution in [2.75, 3.05) is 11.9 Å². The molecule has 4 aromatic rings. The van der Waals surface area contributed by atoms with Gasteiger partial charge in [0.15, 0.2) is 5.82 Å². The highest BCUT2D eigenvalue weighted by atomic mass is 19.4. The molecule has 0 saturated carbocycles. The van der Waals surface area contributed by atoms with Crippen LogP contribution in [0.15, 0.2) is 65.8 Å². The number of pyridine rings is 1. The molecule has 0 aliphatic carbocycles. The number of anilines is 1. The molecule has 2 heterocycles. The van der Waals surface area contributed by atoms with Crippen LogP contribution in [-0.4, -0.2) is 38.0 Å². The molecule has 2 aromatic carbocycles. The largest absolute Gasteiger partial charge is 0.406 e. The number of nitrogens with one attached hydrogen (secondary N) is 2. The van der Waals surface area contributed by atoms with E-state index >= 15 is 0 Å². The standard InChI is InChI=1S/C28H28F4N6O2/c1-17(2)12-33-13-18-9-24(27(40)38(14-18)15-28(30,31)32)26(39)35-21-6-4-5-19(10-21)22-8-7-20(29)11-23(22)25-36-34-16-37(25)3/h4-11,14,16-17,33H,12-13,15H2,1-3H3,(H,35,39). The minimum absolute atomic E-state index is 0.182. The molecule has 0 radical (unpaired) electrons. The first kappa shape index (κ1) is 28.7. The summed E-state index contributed by atoms with van der Waals surface area (Å²) in [6.07, 6.45) is -2.05. The summed E-state index contributed by atoms with van der Waals surface area (Å²) < 4.78 is 55.8. The molecule has 40 heavy (non-hydrogen) atoms. The predicted molar refractivity (Wildman–Crippen MR) is 143 cm³/mol. The van der Waals surface area contributed by atoms with E-state index in [4.69, 9.17) is 0 Å². The molecular weight excluding hydrogens is 528 g/mol. The highest BCUT2D eigenvalue weighted by molar-refractivity contribution is 6.04. The van der Waals surface area contributed by atoms with Crippen molar-refractivity contribution in [1.29, 1.82) is 0 Å². The Balaban J connectivity index is 1.66. The van der Waals surface area contributed by atoms with Crippen molar-refractivity contribution in [3.8, 4) is 22.5 Å². The van der Waals surface area contributed by atoms with Gasteiger partial charge < -0.3 is 19.8 Å². The number of carbonyl (C=O) groups is 1. The summed E-state index contributed by atoms with van der Waals surface area (Å²) in [6, 6.07) is 12.1. The van der Waals surface area contributed by atoms with Crippen LogP contribution in [0.25, 0.3) is 22.5 Å². The lowest BCUT2D eigenvalue weighted by Gasteiger charge is -2.15. The Kier molecular flexibility index (Phi) is 8.48. The lowest BCUT2D eigenvalue weighted by molar-refractivity contribution is -0.141. The molecule has 210 valence electrons. The zero-order valence-electron chi connectivity index (χ0n) is 22.1. The SMILES string of the molecule is CC(C)CNCc1cc(C(=O)Nc2cccc(-c3ccc(F)cc3-c3nncn3C)c2)c(=O)n(CC(F)(F)F)c1. The third-order valence-corrected chi connectivity index (χ3v) is 5.98. The number of amides is 1. The number of alkyl halides is 3. The van der Waals surface area contributed by atoms with E-state index in [1.54, 1.807) is 41.9 Å². The number of rotatable bonds is 9. The number of nitrogens with zero attached hydrogens (tertiary/aromatic N) is 4. The van der Waals surface area contributed by atoms with Crippen LogP contribution >= 0.6 is 0 Å². The predicted octanol–water partition coefficient (Wildman–Crippen LogP) is 5.01. The zero-order chi connectivity index (χ0) is 29.0. The molecule has 0 fully saturated rings. The van der Waals surface area contributed by atoms with Crippen LogP contribution in [-0.2, 0) is 20.1 Å². The Labute approximate surface area is 227 Å². The van der Waals surface area contributed by atoms with E-state index in [1.807, 2.05) is 13.8 Å². The van der Waals surface area contributed by atoms with Crippen molar-refractivity contribution in [2.24, 2.45) is 13.0 Å². The van der Waals surface area contributed by atoms with Crippen molar-refractivity contribution in [1.82, 2.24) is 24.6 Å². The van der Waals surface area contributed by atoms with Crippen LogP contribution in [0.3, 0.4) is 0 Å². The zero-order valence-corrected chi connectivity index (χ0v) is 22.1. The molecular formula is C28H28F4N6O2. The van der Waals surface area contributed by atoms with E-state index in [1.165, 1.54) is 24.5 Å². The Morgan fingerprint density at radius 3 is 2.52 bits per heavy atom. The van der Waals surface area contributed by atoms with Gasteiger partial charge in [0.05, 0.1) is 0 Å². The Hall–Kier alpha value is -4.32. The molecule has 0 unspecified atom stereocenters. The molecule has 4 rings (SSSR count). The summed E-state index contributed by atoms with van der Waals surface area (Å²) in [5.41, 5.74) is 0.877. The van der Waals surface area contributed by atoms with Gasteiger partial charge in [-0.1, -0.05) is 32.0 Å². The minimum Gasteiger partial charge on any atom is -0.322 e. The molecule has 0 bridgehead atoms. The summed E-state index contributed by atoms with van der Waals surface area (Å²) in [5, 5.41) is 13.6. The molecule has 12 heteroatoms. The fourth-order valence-electron chi connectivity index (χ4n) is 4.22. The third kappa shape index (κ3) is 7.00. The van der Waals surface area contributed by atoms with Crippen molar-refractivity contribution < 1.29 is 22.4 Å². The number of benzene rings is 2. The van der Waals surface area contributed by atoms with Gasteiger partial charge in [-0.2, -0.15) is 13.2 Å². The molecule has 2 N–H and O–H groups in total. The van der Waals surface area contributed by atoms with E-state index in [0.717, 1.165) is 6.20 Å². The average Bonchev–Trinajstić information content (AvgIpc) is 3.30. The number of aryl methyl sites for hydroxylation is 1. The van der Waals surface area contributed by atoms with E-state index < -0.39 is 35.6 Å². The van der Waals surface area contributed by atoms with Gasteiger partial charge in [0.25, 0.3) is 11.5 Å². The fraction of sp³-hybridized carbons (Fsp3) is 0.286. The first-order valence-corrected chi connectivity index (χ1v) is 12.5. The Morgan fingerprint density at radius 2 is 1.85 bits per heavy atom. The maximum absolute atomic E-state index is 14.1. The van der Waals surface area contributed by atoms with Gasteiger partial charge in [0.2, 0.25) is 0 Å². The first-order chi connectivity index (χ1) is 18.9. The maximum Gasteiger partial charge on any atom is 0.406 e. The van der Waals surface area contributed by atoms with E-state index in [9.17, 15) is 27.2 Å². The number of aromatic nitrogens is 4. The van der Waals surface area contributed by atoms with E-state index in [2.05, 4.69) is 20.8 Å². The van der Waals surface area contributed by atoms with Crippen LogP contribution in [0, 0.1) is 11.7 Å². The normalized spacial score (nSPS) is 11.7. The van der Waals surface area contributed by atoms with Gasteiger partial charge in [-0.3, -0.25) is 9.59 Å². The second-order valence-corrected chi connectivity index (χ2v) is 9.83. The molecule has 0 spiro atoms. The van der Waals surface area contributed by atoms with Crippen LogP contribution < -0.4 is 16.2 Å². The summed E-state index contributed by atoms with van der Waals surface area (Å²) in [4.78, 5) is 26.1. The molecule has 2 aromatic heterocycles. The van der Waals surface area contributed by atoms with Gasteiger partial charge in [-0.05, 0) is 59.5 Å². The summed E-state index contributed by atoms with van der Waals surface area (Å²) >= 11 is 0. The molecule has 0 atom stereocenters. The average molecular weight is 557 g/mol. The molecule has 1 amide bonds. The molecule has 0 saturated heterocycles. The number of hydrogen-bond donors (Lipinski definition) is 2. The van der Waals surface area contributed by atoms with Gasteiger partial charge in [0.1, 0.15) is 24.3 Å². The summed E-state index contributed by atoms with van der Waals surface area (Å²) in [7, 11) is 1.72. The third-order valence-electron chi connectivity index (χ3n) is 5.98. The van der Waals surface area contributed by atoms with Gasteiger partial charge >= 0.3 is 6.18 Å². The maximum atomic E-state index is 14.1. The van der Waals surface area contributed by atoms with Crippen LogP contribution in [0.4, 0.5) is 23.2 Å². The molecule has 0 aliphatic heterocycles. The quantitative estimate of drug-likeness (QED) is 0.283. The second kappa shape index (κ2) is 11.8. The van der Waals surface area contributed by atoms with Gasteiger partial charge in [-0.25, -0.2) is 4.39 Å². The van der Waals surface area contributed by atoms with Gasteiger partial charge in [-0.15, -0.1) is 10.2 Å². The highest BCUT2D eigenvalue weighted by Crippen LogP contribution is 2.33. The molecule has 0 aliphatic rings. The van der Waals surface area contributed by atoms with E-state index in [-0.39, 0.29) is 6.54 Å². The summed E-state index contributed by atoms with van der Waals surface area (Å²) in [5.74, 6) is -0.594. The van der Waals surface area contributed by atoms with Crippen LogP contribution in [0.5, 0.6) is 0 Å². The van der Waals surface area contributed by atoms with Gasteiger partial charge in [0, 0.05) is 31.0 Å². The fourth-order valence-corrected chi connectivity index (χ4v) is 4.22. The lowest BCUT2D eigenvalue weighted by atomic mass is 9.98. The Bertz CT molecular complexity index is 1580. The van der Waals surface area contributed by atoms with Crippen LogP contribution in [0.2, 0.25) is 0 Å². The monoisotopic (exact) mass is 556 g/mol. The second-order valence-electron chi connectivity index (χ2n) is 9.83. The van der Waals surface area contributed by atoms with Crippen LogP contribution in [0.1, 0.15) is 29.8 Å². The smallest absolute Gasteiger partial charge is 0.322 e. The number of hydrogen-bond acceptors (Lipinski definition) is 5. The lowest BCUT2D eigenvalue weighted by Crippen LogP contribution is -2.34. The topological polar surface area (TPSA) is 93.8 Å². The minimum atomic E-state index is -4.65. The number of carbonyl (C=O) groups excluding carboxylic acids is 1.